The minimum atomic E-state index is -0.0125. The van der Waals surface area contributed by atoms with Gasteiger partial charge in [0.05, 0.1) is 6.04 Å². The molecule has 4 nitrogen and oxygen atoms in total. The maximum absolute atomic E-state index is 5.94. The van der Waals surface area contributed by atoms with Gasteiger partial charge in [-0.3, -0.25) is 16.3 Å². The lowest BCUT2D eigenvalue weighted by Gasteiger charge is -2.19. The summed E-state index contributed by atoms with van der Waals surface area (Å²) in [7, 11) is 0. The van der Waals surface area contributed by atoms with Gasteiger partial charge in [-0.2, -0.15) is 0 Å². The number of rotatable bonds is 4. The van der Waals surface area contributed by atoms with Gasteiger partial charge in [-0.25, -0.2) is 0 Å². The van der Waals surface area contributed by atoms with Gasteiger partial charge in [0.15, 0.2) is 0 Å². The molecule has 1 unspecified atom stereocenters. The lowest BCUT2D eigenvalue weighted by Crippen LogP contribution is -2.30. The molecular weight excluding hydrogens is 304 g/mol. The molecule has 0 amide bonds. The molecule has 1 atom stereocenters. The first-order chi connectivity index (χ1) is 9.11. The third-order valence-electron chi connectivity index (χ3n) is 3.10. The van der Waals surface area contributed by atoms with E-state index in [1.807, 2.05) is 0 Å². The summed E-state index contributed by atoms with van der Waals surface area (Å²) in [6.45, 7) is 2.05. The van der Waals surface area contributed by atoms with Crippen LogP contribution in [0.15, 0.2) is 41.1 Å². The fourth-order valence-electron chi connectivity index (χ4n) is 2.00. The second-order valence-corrected chi connectivity index (χ2v) is 5.38. The van der Waals surface area contributed by atoms with Crippen LogP contribution in [0.3, 0.4) is 0 Å². The van der Waals surface area contributed by atoms with Crippen LogP contribution in [0.5, 0.6) is 0 Å². The SMILES string of the molecule is Cc1ccc(C(Cc2cnccc2N)NN)c(Br)c1. The Kier molecular flexibility index (Phi) is 4.52. The van der Waals surface area contributed by atoms with E-state index in [0.717, 1.165) is 21.3 Å². The summed E-state index contributed by atoms with van der Waals surface area (Å²) in [6, 6.07) is 7.99. The van der Waals surface area contributed by atoms with Gasteiger partial charge in [-0.15, -0.1) is 0 Å². The Morgan fingerprint density at radius 1 is 1.37 bits per heavy atom. The Labute approximate surface area is 121 Å². The first kappa shape index (κ1) is 14.0. The quantitative estimate of drug-likeness (QED) is 0.597. The first-order valence-corrected chi connectivity index (χ1v) is 6.81. The van der Waals surface area contributed by atoms with Gasteiger partial charge >= 0.3 is 0 Å². The standard InChI is InChI=1S/C14H17BrN4/c1-9-2-3-11(12(15)6-9)14(19-17)7-10-8-18-5-4-13(10)16/h2-6,8,14,19H,7,17H2,1H3,(H2,16,18). The van der Waals surface area contributed by atoms with Crippen molar-refractivity contribution >= 4 is 21.6 Å². The summed E-state index contributed by atoms with van der Waals surface area (Å²) in [5.41, 5.74) is 12.8. The van der Waals surface area contributed by atoms with Crippen molar-refractivity contribution in [3.8, 4) is 0 Å². The number of nitrogens with zero attached hydrogens (tertiary/aromatic N) is 1. The highest BCUT2D eigenvalue weighted by molar-refractivity contribution is 9.10. The van der Waals surface area contributed by atoms with E-state index in [-0.39, 0.29) is 6.04 Å². The van der Waals surface area contributed by atoms with Crippen LogP contribution in [0.25, 0.3) is 0 Å². The Bertz CT molecular complexity index is 571. The topological polar surface area (TPSA) is 77.0 Å². The normalized spacial score (nSPS) is 12.4. The molecule has 0 spiro atoms. The number of anilines is 1. The van der Waals surface area contributed by atoms with Crippen LogP contribution in [-0.2, 0) is 6.42 Å². The van der Waals surface area contributed by atoms with Gasteiger partial charge in [-0.05, 0) is 42.2 Å². The van der Waals surface area contributed by atoms with E-state index in [9.17, 15) is 0 Å². The van der Waals surface area contributed by atoms with Crippen molar-refractivity contribution in [3.05, 3.63) is 57.8 Å². The number of nitrogens with two attached hydrogens (primary N) is 2. The lowest BCUT2D eigenvalue weighted by atomic mass is 9.99. The van der Waals surface area contributed by atoms with Gasteiger partial charge in [0.2, 0.25) is 0 Å². The molecule has 0 bridgehead atoms. The molecule has 5 N–H and O–H groups in total. The number of halogens is 1. The predicted molar refractivity (Wildman–Crippen MR) is 81.3 cm³/mol. The Hall–Kier alpha value is -1.43. The molecule has 1 heterocycles. The number of pyridine rings is 1. The van der Waals surface area contributed by atoms with Crippen molar-refractivity contribution in [2.45, 2.75) is 19.4 Å². The number of benzene rings is 1. The van der Waals surface area contributed by atoms with E-state index in [1.54, 1.807) is 18.5 Å². The molecular formula is C14H17BrN4. The van der Waals surface area contributed by atoms with E-state index in [1.165, 1.54) is 5.56 Å². The zero-order valence-electron chi connectivity index (χ0n) is 10.7. The van der Waals surface area contributed by atoms with E-state index in [4.69, 9.17) is 11.6 Å². The summed E-state index contributed by atoms with van der Waals surface area (Å²) in [6.07, 6.45) is 4.16. The molecule has 19 heavy (non-hydrogen) atoms. The van der Waals surface area contributed by atoms with Crippen LogP contribution in [-0.4, -0.2) is 4.98 Å². The summed E-state index contributed by atoms with van der Waals surface area (Å²) in [5, 5.41) is 0. The summed E-state index contributed by atoms with van der Waals surface area (Å²) < 4.78 is 1.04. The highest BCUT2D eigenvalue weighted by atomic mass is 79.9. The van der Waals surface area contributed by atoms with Crippen molar-refractivity contribution in [2.24, 2.45) is 5.84 Å². The number of aromatic nitrogens is 1. The lowest BCUT2D eigenvalue weighted by molar-refractivity contribution is 0.550. The third kappa shape index (κ3) is 3.32. The number of aryl methyl sites for hydroxylation is 1. The highest BCUT2D eigenvalue weighted by Crippen LogP contribution is 2.27. The van der Waals surface area contributed by atoms with Crippen LogP contribution in [0, 0.1) is 6.92 Å². The van der Waals surface area contributed by atoms with Gasteiger partial charge in [0.1, 0.15) is 0 Å². The van der Waals surface area contributed by atoms with Crippen LogP contribution in [0.2, 0.25) is 0 Å². The van der Waals surface area contributed by atoms with Gasteiger partial charge in [0.25, 0.3) is 0 Å². The fraction of sp³-hybridized carbons (Fsp3) is 0.214. The Balaban J connectivity index is 2.28. The molecule has 2 aromatic rings. The molecule has 0 aliphatic rings. The molecule has 0 fully saturated rings. The smallest absolute Gasteiger partial charge is 0.0512 e. The Morgan fingerprint density at radius 3 is 2.79 bits per heavy atom. The third-order valence-corrected chi connectivity index (χ3v) is 3.78. The number of nitrogens with one attached hydrogen (secondary N) is 1. The van der Waals surface area contributed by atoms with Gasteiger partial charge < -0.3 is 5.73 Å². The average molecular weight is 321 g/mol. The van der Waals surface area contributed by atoms with Crippen LogP contribution in [0.4, 0.5) is 5.69 Å². The van der Waals surface area contributed by atoms with Gasteiger partial charge in [-0.1, -0.05) is 28.1 Å². The largest absolute Gasteiger partial charge is 0.398 e. The molecule has 0 saturated heterocycles. The number of nitrogen functional groups attached to an aromatic ring is 1. The second-order valence-electron chi connectivity index (χ2n) is 4.52. The molecule has 0 saturated carbocycles. The molecule has 0 aliphatic carbocycles. The van der Waals surface area contributed by atoms with Crippen LogP contribution < -0.4 is 17.0 Å². The predicted octanol–water partition coefficient (Wildman–Crippen LogP) is 2.48. The zero-order valence-corrected chi connectivity index (χ0v) is 12.3. The van der Waals surface area contributed by atoms with Crippen LogP contribution >= 0.6 is 15.9 Å². The average Bonchev–Trinajstić information content (AvgIpc) is 2.39. The highest BCUT2D eigenvalue weighted by Gasteiger charge is 2.15. The van der Waals surface area contributed by atoms with Crippen molar-refractivity contribution in [1.82, 2.24) is 10.4 Å². The summed E-state index contributed by atoms with van der Waals surface area (Å²) in [5.74, 6) is 5.68. The minimum Gasteiger partial charge on any atom is -0.398 e. The van der Waals surface area contributed by atoms with E-state index >= 15 is 0 Å². The number of hydrogen-bond donors (Lipinski definition) is 3. The Morgan fingerprint density at radius 2 is 2.16 bits per heavy atom. The first-order valence-electron chi connectivity index (χ1n) is 6.02. The molecule has 1 aromatic heterocycles. The zero-order chi connectivity index (χ0) is 13.8. The van der Waals surface area contributed by atoms with Gasteiger partial charge in [0, 0.05) is 22.6 Å². The molecule has 0 radical (unpaired) electrons. The number of hydrogen-bond acceptors (Lipinski definition) is 4. The summed E-state index contributed by atoms with van der Waals surface area (Å²) >= 11 is 3.58. The monoisotopic (exact) mass is 320 g/mol. The fourth-order valence-corrected chi connectivity index (χ4v) is 2.77. The van der Waals surface area contributed by atoms with Crippen molar-refractivity contribution < 1.29 is 0 Å². The maximum atomic E-state index is 5.94. The van der Waals surface area contributed by atoms with E-state index in [2.05, 4.69) is 51.5 Å². The maximum Gasteiger partial charge on any atom is 0.0512 e. The van der Waals surface area contributed by atoms with E-state index < -0.39 is 0 Å². The van der Waals surface area contributed by atoms with Crippen LogP contribution in [0.1, 0.15) is 22.7 Å². The van der Waals surface area contributed by atoms with Crippen molar-refractivity contribution in [3.63, 3.8) is 0 Å². The molecule has 100 valence electrons. The summed E-state index contributed by atoms with van der Waals surface area (Å²) in [4.78, 5) is 4.10. The molecule has 2 rings (SSSR count). The van der Waals surface area contributed by atoms with Crippen molar-refractivity contribution in [2.75, 3.05) is 5.73 Å². The molecule has 5 heteroatoms. The molecule has 0 aliphatic heterocycles. The number of hydrazine groups is 1. The van der Waals surface area contributed by atoms with E-state index in [0.29, 0.717) is 6.42 Å². The molecule has 1 aromatic carbocycles. The minimum absolute atomic E-state index is 0.0125. The van der Waals surface area contributed by atoms with Crippen molar-refractivity contribution in [1.29, 1.82) is 0 Å². The second kappa shape index (κ2) is 6.14.